The van der Waals surface area contributed by atoms with Crippen molar-refractivity contribution in [3.63, 3.8) is 0 Å². The second kappa shape index (κ2) is 6.28. The molecule has 1 unspecified atom stereocenters. The standard InChI is InChI=1S/C14H22N2O4/c1-10-4-5-12(20-10)11(2)16-13(17)15-7-6-14(3)18-8-9-19-14/h4-5,11H,6-9H2,1-3H3,(H2,15,16,17). The number of hydrogen-bond donors (Lipinski definition) is 2. The normalized spacial score (nSPS) is 18.8. The smallest absolute Gasteiger partial charge is 0.315 e. The SMILES string of the molecule is Cc1ccc(C(C)NC(=O)NCCC2(C)OCCO2)o1. The van der Waals surface area contributed by atoms with Crippen LogP contribution in [0.1, 0.15) is 37.8 Å². The van der Waals surface area contributed by atoms with Gasteiger partial charge in [0.1, 0.15) is 11.5 Å². The topological polar surface area (TPSA) is 72.7 Å². The first kappa shape index (κ1) is 14.9. The number of urea groups is 1. The van der Waals surface area contributed by atoms with E-state index in [4.69, 9.17) is 13.9 Å². The number of carbonyl (C=O) groups is 1. The summed E-state index contributed by atoms with van der Waals surface area (Å²) in [5, 5.41) is 5.61. The minimum absolute atomic E-state index is 0.168. The summed E-state index contributed by atoms with van der Waals surface area (Å²) >= 11 is 0. The van der Waals surface area contributed by atoms with Crippen LogP contribution in [0, 0.1) is 6.92 Å². The average Bonchev–Trinajstić information content (AvgIpc) is 2.98. The highest BCUT2D eigenvalue weighted by Crippen LogP contribution is 2.21. The van der Waals surface area contributed by atoms with Crippen LogP contribution >= 0.6 is 0 Å². The van der Waals surface area contributed by atoms with Gasteiger partial charge in [0.15, 0.2) is 5.79 Å². The van der Waals surface area contributed by atoms with Gasteiger partial charge in [-0.05, 0) is 32.9 Å². The molecular weight excluding hydrogens is 260 g/mol. The van der Waals surface area contributed by atoms with Gasteiger partial charge in [0, 0.05) is 13.0 Å². The summed E-state index contributed by atoms with van der Waals surface area (Å²) in [4.78, 5) is 11.8. The van der Waals surface area contributed by atoms with E-state index in [0.29, 0.717) is 26.2 Å². The lowest BCUT2D eigenvalue weighted by atomic mass is 10.2. The number of hydrogen-bond acceptors (Lipinski definition) is 4. The fraction of sp³-hybridized carbons (Fsp3) is 0.643. The molecule has 1 atom stereocenters. The molecule has 20 heavy (non-hydrogen) atoms. The first-order valence-electron chi connectivity index (χ1n) is 6.87. The highest BCUT2D eigenvalue weighted by atomic mass is 16.7. The molecule has 6 nitrogen and oxygen atoms in total. The summed E-state index contributed by atoms with van der Waals surface area (Å²) in [5.74, 6) is 1.00. The van der Waals surface area contributed by atoms with Crippen molar-refractivity contribution < 1.29 is 18.7 Å². The van der Waals surface area contributed by atoms with E-state index in [9.17, 15) is 4.79 Å². The summed E-state index contributed by atoms with van der Waals surface area (Å²) in [6.07, 6.45) is 0.620. The molecule has 1 aliphatic heterocycles. The van der Waals surface area contributed by atoms with Gasteiger partial charge in [0.2, 0.25) is 0 Å². The van der Waals surface area contributed by atoms with Crippen LogP contribution in [0.5, 0.6) is 0 Å². The largest absolute Gasteiger partial charge is 0.464 e. The first-order chi connectivity index (χ1) is 9.48. The first-order valence-corrected chi connectivity index (χ1v) is 6.87. The summed E-state index contributed by atoms with van der Waals surface area (Å²) in [6.45, 7) is 7.34. The Hall–Kier alpha value is -1.53. The summed E-state index contributed by atoms with van der Waals surface area (Å²) in [7, 11) is 0. The Bertz CT molecular complexity index is 452. The zero-order valence-electron chi connectivity index (χ0n) is 12.2. The number of amides is 2. The summed E-state index contributed by atoms with van der Waals surface area (Å²) in [5.41, 5.74) is 0. The maximum atomic E-state index is 11.8. The highest BCUT2D eigenvalue weighted by molar-refractivity contribution is 5.74. The van der Waals surface area contributed by atoms with Crippen molar-refractivity contribution in [2.45, 2.75) is 39.0 Å². The minimum atomic E-state index is -0.572. The Labute approximate surface area is 118 Å². The van der Waals surface area contributed by atoms with Crippen molar-refractivity contribution in [3.05, 3.63) is 23.7 Å². The van der Waals surface area contributed by atoms with Gasteiger partial charge in [-0.15, -0.1) is 0 Å². The van der Waals surface area contributed by atoms with Gasteiger partial charge >= 0.3 is 6.03 Å². The lowest BCUT2D eigenvalue weighted by Gasteiger charge is -2.22. The molecule has 112 valence electrons. The molecule has 0 aliphatic carbocycles. The van der Waals surface area contributed by atoms with Crippen molar-refractivity contribution in [2.24, 2.45) is 0 Å². The molecule has 2 amide bonds. The molecule has 0 bridgehead atoms. The van der Waals surface area contributed by atoms with Gasteiger partial charge in [0.05, 0.1) is 19.3 Å². The molecule has 6 heteroatoms. The van der Waals surface area contributed by atoms with Crippen LogP contribution in [0.15, 0.2) is 16.5 Å². The number of ether oxygens (including phenoxy) is 2. The third kappa shape index (κ3) is 3.98. The number of carbonyl (C=O) groups excluding carboxylic acids is 1. The van der Waals surface area contributed by atoms with Gasteiger partial charge in [-0.1, -0.05) is 0 Å². The second-order valence-electron chi connectivity index (χ2n) is 5.15. The third-order valence-corrected chi connectivity index (χ3v) is 3.30. The van der Waals surface area contributed by atoms with Crippen molar-refractivity contribution >= 4 is 6.03 Å². The van der Waals surface area contributed by atoms with Crippen LogP contribution in [0.3, 0.4) is 0 Å². The molecule has 2 rings (SSSR count). The molecule has 2 N–H and O–H groups in total. The minimum Gasteiger partial charge on any atom is -0.464 e. The molecule has 1 saturated heterocycles. The number of aryl methyl sites for hydroxylation is 1. The quantitative estimate of drug-likeness (QED) is 0.867. The van der Waals surface area contributed by atoms with Crippen molar-refractivity contribution in [3.8, 4) is 0 Å². The van der Waals surface area contributed by atoms with Crippen LogP contribution in [0.25, 0.3) is 0 Å². The van der Waals surface area contributed by atoms with E-state index in [1.807, 2.05) is 32.9 Å². The van der Waals surface area contributed by atoms with Crippen molar-refractivity contribution in [2.75, 3.05) is 19.8 Å². The number of nitrogens with one attached hydrogen (secondary N) is 2. The molecule has 1 aliphatic rings. The zero-order valence-corrected chi connectivity index (χ0v) is 12.2. The molecule has 1 fully saturated rings. The Morgan fingerprint density at radius 3 is 2.70 bits per heavy atom. The zero-order chi connectivity index (χ0) is 14.6. The second-order valence-corrected chi connectivity index (χ2v) is 5.15. The number of rotatable bonds is 5. The summed E-state index contributed by atoms with van der Waals surface area (Å²) in [6, 6.07) is 3.34. The van der Waals surface area contributed by atoms with Crippen LogP contribution in [0.4, 0.5) is 4.79 Å². The monoisotopic (exact) mass is 282 g/mol. The maximum Gasteiger partial charge on any atom is 0.315 e. The summed E-state index contributed by atoms with van der Waals surface area (Å²) < 4.78 is 16.4. The van der Waals surface area contributed by atoms with E-state index in [-0.39, 0.29) is 12.1 Å². The third-order valence-electron chi connectivity index (χ3n) is 3.30. The van der Waals surface area contributed by atoms with Crippen LogP contribution in [-0.4, -0.2) is 31.6 Å². The van der Waals surface area contributed by atoms with E-state index in [1.54, 1.807) is 0 Å². The lowest BCUT2D eigenvalue weighted by Crippen LogP contribution is -2.40. The fourth-order valence-electron chi connectivity index (χ4n) is 2.11. The molecule has 1 aromatic heterocycles. The van der Waals surface area contributed by atoms with Gasteiger partial charge < -0.3 is 24.5 Å². The predicted molar refractivity (Wildman–Crippen MR) is 73.3 cm³/mol. The maximum absolute atomic E-state index is 11.8. The van der Waals surface area contributed by atoms with Gasteiger partial charge in [-0.2, -0.15) is 0 Å². The molecule has 0 saturated carbocycles. The molecule has 0 radical (unpaired) electrons. The Morgan fingerprint density at radius 2 is 2.10 bits per heavy atom. The van der Waals surface area contributed by atoms with Gasteiger partial charge in [0.25, 0.3) is 0 Å². The predicted octanol–water partition coefficient (Wildman–Crippen LogP) is 2.10. The Balaban J connectivity index is 1.70. The van der Waals surface area contributed by atoms with E-state index in [0.717, 1.165) is 11.5 Å². The van der Waals surface area contributed by atoms with Crippen LogP contribution in [-0.2, 0) is 9.47 Å². The Kier molecular flexibility index (Phi) is 4.67. The van der Waals surface area contributed by atoms with E-state index in [1.165, 1.54) is 0 Å². The van der Waals surface area contributed by atoms with E-state index in [2.05, 4.69) is 10.6 Å². The molecule has 2 heterocycles. The van der Waals surface area contributed by atoms with Crippen LogP contribution < -0.4 is 10.6 Å². The van der Waals surface area contributed by atoms with Crippen molar-refractivity contribution in [1.82, 2.24) is 10.6 Å². The lowest BCUT2D eigenvalue weighted by molar-refractivity contribution is -0.145. The molecular formula is C14H22N2O4. The Morgan fingerprint density at radius 1 is 1.40 bits per heavy atom. The fourth-order valence-corrected chi connectivity index (χ4v) is 2.11. The highest BCUT2D eigenvalue weighted by Gasteiger charge is 2.30. The van der Waals surface area contributed by atoms with E-state index < -0.39 is 5.79 Å². The molecule has 1 aromatic rings. The number of furan rings is 1. The van der Waals surface area contributed by atoms with E-state index >= 15 is 0 Å². The average molecular weight is 282 g/mol. The van der Waals surface area contributed by atoms with Gasteiger partial charge in [-0.3, -0.25) is 0 Å². The van der Waals surface area contributed by atoms with Gasteiger partial charge in [-0.25, -0.2) is 4.79 Å². The van der Waals surface area contributed by atoms with Crippen LogP contribution in [0.2, 0.25) is 0 Å². The molecule has 0 spiro atoms. The molecule has 0 aromatic carbocycles. The van der Waals surface area contributed by atoms with Crippen molar-refractivity contribution in [1.29, 1.82) is 0 Å².